The highest BCUT2D eigenvalue weighted by atomic mass is 79.9. The van der Waals surface area contributed by atoms with Gasteiger partial charge in [0.15, 0.2) is 5.69 Å². The second-order valence-corrected chi connectivity index (χ2v) is 4.95. The number of hydrogen-bond donors (Lipinski definition) is 1. The average Bonchev–Trinajstić information content (AvgIpc) is 2.70. The minimum atomic E-state index is -1.15. The van der Waals surface area contributed by atoms with E-state index in [-0.39, 0.29) is 17.5 Å². The molecule has 1 aromatic heterocycles. The molecule has 1 aliphatic heterocycles. The van der Waals surface area contributed by atoms with Gasteiger partial charge >= 0.3 is 5.97 Å². The Balaban J connectivity index is 2.44. The number of aromatic nitrogens is 1. The molecule has 0 radical (unpaired) electrons. The van der Waals surface area contributed by atoms with Crippen molar-refractivity contribution in [1.82, 2.24) is 4.98 Å². The summed E-state index contributed by atoms with van der Waals surface area (Å²) < 4.78 is 0.636. The van der Waals surface area contributed by atoms with Gasteiger partial charge in [0.1, 0.15) is 0 Å². The first kappa shape index (κ1) is 12.8. The molecule has 18 heavy (non-hydrogen) atoms. The fourth-order valence-corrected chi connectivity index (χ4v) is 2.24. The summed E-state index contributed by atoms with van der Waals surface area (Å²) >= 11 is 3.23. The zero-order valence-electron chi connectivity index (χ0n) is 9.47. The highest BCUT2D eigenvalue weighted by molar-refractivity contribution is 9.10. The van der Waals surface area contributed by atoms with Gasteiger partial charge in [-0.25, -0.2) is 9.78 Å². The summed E-state index contributed by atoms with van der Waals surface area (Å²) in [5.74, 6) is -1.20. The van der Waals surface area contributed by atoms with E-state index in [0.717, 1.165) is 0 Å². The van der Waals surface area contributed by atoms with Crippen LogP contribution in [0.2, 0.25) is 0 Å². The van der Waals surface area contributed by atoms with Gasteiger partial charge < -0.3 is 10.0 Å². The number of carboxylic acids is 1. The lowest BCUT2D eigenvalue weighted by Gasteiger charge is -2.18. The molecule has 1 aromatic rings. The first-order valence-electron chi connectivity index (χ1n) is 5.34. The number of halogens is 1. The Labute approximate surface area is 112 Å². The monoisotopic (exact) mass is 310 g/mol. The molecular formula is C12H11BrN2O3. The van der Waals surface area contributed by atoms with Crippen molar-refractivity contribution >= 4 is 33.5 Å². The number of aromatic carboxylic acids is 1. The van der Waals surface area contributed by atoms with E-state index < -0.39 is 5.97 Å². The molecule has 1 unspecified atom stereocenters. The predicted octanol–water partition coefficient (Wildman–Crippen LogP) is 2.08. The van der Waals surface area contributed by atoms with E-state index in [1.165, 1.54) is 11.1 Å². The number of carboxylic acid groups (broad SMARTS) is 1. The smallest absolute Gasteiger partial charge is 0.356 e. The van der Waals surface area contributed by atoms with Gasteiger partial charge in [-0.1, -0.05) is 6.08 Å². The zero-order valence-corrected chi connectivity index (χ0v) is 11.1. The number of amides is 1. The molecule has 0 bridgehead atoms. The van der Waals surface area contributed by atoms with Gasteiger partial charge in [0.2, 0.25) is 5.91 Å². The first-order valence-corrected chi connectivity index (χ1v) is 6.14. The van der Waals surface area contributed by atoms with Crippen LogP contribution in [0.1, 0.15) is 16.9 Å². The average molecular weight is 311 g/mol. The van der Waals surface area contributed by atoms with Crippen LogP contribution in [0.5, 0.6) is 0 Å². The maximum atomic E-state index is 11.9. The third-order valence-electron chi connectivity index (χ3n) is 2.82. The van der Waals surface area contributed by atoms with E-state index in [1.54, 1.807) is 12.1 Å². The fraction of sp³-hybridized carbons (Fsp3) is 0.250. The molecule has 2 rings (SSSR count). The number of rotatable bonds is 3. The van der Waals surface area contributed by atoms with Gasteiger partial charge in [0.05, 0.1) is 5.69 Å². The van der Waals surface area contributed by atoms with Crippen molar-refractivity contribution in [2.24, 2.45) is 5.92 Å². The molecule has 0 aliphatic carbocycles. The second kappa shape index (κ2) is 4.89. The highest BCUT2D eigenvalue weighted by Crippen LogP contribution is 2.29. The van der Waals surface area contributed by atoms with Gasteiger partial charge in [-0.3, -0.25) is 4.79 Å². The van der Waals surface area contributed by atoms with Gasteiger partial charge in [-0.15, -0.1) is 6.58 Å². The maximum Gasteiger partial charge on any atom is 0.356 e. The molecule has 1 aliphatic rings. The summed E-state index contributed by atoms with van der Waals surface area (Å²) in [6.07, 6.45) is 3.47. The predicted molar refractivity (Wildman–Crippen MR) is 69.6 cm³/mol. The van der Waals surface area contributed by atoms with Crippen molar-refractivity contribution in [2.75, 3.05) is 11.4 Å². The third-order valence-corrected chi connectivity index (χ3v) is 3.25. The summed E-state index contributed by atoms with van der Waals surface area (Å²) in [6.45, 7) is 4.11. The molecule has 1 N–H and O–H groups in total. The molecule has 0 aromatic carbocycles. The molecule has 1 atom stereocenters. The number of hydrogen-bond acceptors (Lipinski definition) is 3. The van der Waals surface area contributed by atoms with E-state index in [9.17, 15) is 9.59 Å². The molecule has 1 fully saturated rings. The van der Waals surface area contributed by atoms with Crippen LogP contribution in [-0.2, 0) is 4.79 Å². The van der Waals surface area contributed by atoms with E-state index in [1.807, 2.05) is 0 Å². The molecule has 0 saturated carbocycles. The van der Waals surface area contributed by atoms with Crippen LogP contribution in [-0.4, -0.2) is 28.5 Å². The quantitative estimate of drug-likeness (QED) is 0.868. The number of nitrogens with zero attached hydrogens (tertiary/aromatic N) is 2. The van der Waals surface area contributed by atoms with Crippen LogP contribution < -0.4 is 4.90 Å². The largest absolute Gasteiger partial charge is 0.476 e. The summed E-state index contributed by atoms with van der Waals surface area (Å²) in [4.78, 5) is 28.3. The van der Waals surface area contributed by atoms with Gasteiger partial charge in [-0.05, 0) is 22.0 Å². The van der Waals surface area contributed by atoms with Crippen LogP contribution in [0.25, 0.3) is 0 Å². The molecule has 1 amide bonds. The summed E-state index contributed by atoms with van der Waals surface area (Å²) in [6, 6.07) is 1.60. The van der Waals surface area contributed by atoms with E-state index in [2.05, 4.69) is 27.5 Å². The number of carbonyl (C=O) groups is 2. The molecule has 6 heteroatoms. The molecule has 1 saturated heterocycles. The van der Waals surface area contributed by atoms with Crippen LogP contribution in [0.15, 0.2) is 29.4 Å². The SMILES string of the molecule is C=CC1CC(=O)N(c2cc(Br)cnc2C(=O)O)C1. The number of pyridine rings is 1. The Kier molecular flexibility index (Phi) is 3.47. The molecule has 0 spiro atoms. The van der Waals surface area contributed by atoms with E-state index in [0.29, 0.717) is 23.1 Å². The molecule has 5 nitrogen and oxygen atoms in total. The topological polar surface area (TPSA) is 70.5 Å². The first-order chi connectivity index (χ1) is 8.52. The van der Waals surface area contributed by atoms with Gasteiger partial charge in [0.25, 0.3) is 0 Å². The fourth-order valence-electron chi connectivity index (χ4n) is 1.93. The van der Waals surface area contributed by atoms with Crippen molar-refractivity contribution < 1.29 is 14.7 Å². The Morgan fingerprint density at radius 1 is 1.67 bits per heavy atom. The second-order valence-electron chi connectivity index (χ2n) is 4.03. The minimum absolute atomic E-state index is 0.0538. The summed E-state index contributed by atoms with van der Waals surface area (Å²) in [7, 11) is 0. The lowest BCUT2D eigenvalue weighted by molar-refractivity contribution is -0.117. The van der Waals surface area contributed by atoms with Crippen LogP contribution in [0, 0.1) is 5.92 Å². The van der Waals surface area contributed by atoms with Crippen molar-refractivity contribution in [3.8, 4) is 0 Å². The number of carbonyl (C=O) groups excluding carboxylic acids is 1. The van der Waals surface area contributed by atoms with Crippen molar-refractivity contribution in [1.29, 1.82) is 0 Å². The van der Waals surface area contributed by atoms with Crippen molar-refractivity contribution in [3.63, 3.8) is 0 Å². The lowest BCUT2D eigenvalue weighted by Crippen LogP contribution is -2.27. The minimum Gasteiger partial charge on any atom is -0.476 e. The van der Waals surface area contributed by atoms with Gasteiger partial charge in [0, 0.05) is 29.6 Å². The molecule has 94 valence electrons. The summed E-state index contributed by atoms with van der Waals surface area (Å²) in [5.41, 5.74) is 0.211. The zero-order chi connectivity index (χ0) is 13.3. The maximum absolute atomic E-state index is 11.9. The standard InChI is InChI=1S/C12H11BrN2O3/c1-2-7-3-10(16)15(6-7)9-4-8(13)5-14-11(9)12(17)18/h2,4-5,7H,1,3,6H2,(H,17,18). The lowest BCUT2D eigenvalue weighted by atomic mass is 10.1. The summed E-state index contributed by atoms with van der Waals surface area (Å²) in [5, 5.41) is 9.09. The number of anilines is 1. The van der Waals surface area contributed by atoms with E-state index >= 15 is 0 Å². The van der Waals surface area contributed by atoms with Crippen molar-refractivity contribution in [2.45, 2.75) is 6.42 Å². The van der Waals surface area contributed by atoms with Crippen molar-refractivity contribution in [3.05, 3.63) is 35.1 Å². The van der Waals surface area contributed by atoms with Gasteiger partial charge in [-0.2, -0.15) is 0 Å². The highest BCUT2D eigenvalue weighted by Gasteiger charge is 2.31. The van der Waals surface area contributed by atoms with Crippen LogP contribution >= 0.6 is 15.9 Å². The Morgan fingerprint density at radius 2 is 2.39 bits per heavy atom. The normalized spacial score (nSPS) is 19.1. The van der Waals surface area contributed by atoms with E-state index in [4.69, 9.17) is 5.11 Å². The molecule has 2 heterocycles. The Hall–Kier alpha value is -1.69. The third kappa shape index (κ3) is 2.28. The van der Waals surface area contributed by atoms with Crippen LogP contribution in [0.4, 0.5) is 5.69 Å². The molecular weight excluding hydrogens is 300 g/mol. The van der Waals surface area contributed by atoms with Crippen LogP contribution in [0.3, 0.4) is 0 Å². The Bertz CT molecular complexity index is 530. The Morgan fingerprint density at radius 3 is 2.94 bits per heavy atom.